The number of nitrogens with zero attached hydrogens (tertiary/aromatic N) is 1. The molecule has 0 saturated heterocycles. The molecule has 2 aromatic rings. The average molecular weight is 526 g/mol. The van der Waals surface area contributed by atoms with Crippen molar-refractivity contribution in [1.82, 2.24) is 4.98 Å². The monoisotopic (exact) mass is 525 g/mol. The summed E-state index contributed by atoms with van der Waals surface area (Å²) in [5, 5.41) is 0.138. The van der Waals surface area contributed by atoms with E-state index >= 15 is 0 Å². The SMILES string of the molecule is COC(C(C)/C=C(\C)C[C@H](C)CS(=O)(=O)c1nc2ccccc2s1)C(C)O[Si](C)(C)C(C)(C)C. The third-order valence-corrected chi connectivity index (χ3v) is 14.8. The van der Waals surface area contributed by atoms with Gasteiger partial charge in [0.15, 0.2) is 8.32 Å². The number of thiazole rings is 1. The van der Waals surface area contributed by atoms with E-state index in [4.69, 9.17) is 9.16 Å². The molecule has 8 heteroatoms. The lowest BCUT2D eigenvalue weighted by molar-refractivity contribution is -0.0162. The highest BCUT2D eigenvalue weighted by molar-refractivity contribution is 7.93. The maximum absolute atomic E-state index is 13.0. The van der Waals surface area contributed by atoms with E-state index in [1.54, 1.807) is 7.11 Å². The number of hydrogen-bond acceptors (Lipinski definition) is 6. The van der Waals surface area contributed by atoms with E-state index in [2.05, 4.69) is 65.7 Å². The highest BCUT2D eigenvalue weighted by atomic mass is 32.2. The molecule has 0 aliphatic carbocycles. The minimum Gasteiger partial charge on any atom is -0.412 e. The number of sulfone groups is 1. The molecule has 0 spiro atoms. The lowest BCUT2D eigenvalue weighted by Gasteiger charge is -2.41. The summed E-state index contributed by atoms with van der Waals surface area (Å²) >= 11 is 1.25. The maximum Gasteiger partial charge on any atom is 0.210 e. The smallest absolute Gasteiger partial charge is 0.210 e. The van der Waals surface area contributed by atoms with Gasteiger partial charge in [0.05, 0.1) is 28.2 Å². The van der Waals surface area contributed by atoms with E-state index in [-0.39, 0.29) is 39.2 Å². The summed E-state index contributed by atoms with van der Waals surface area (Å²) in [5.41, 5.74) is 1.91. The zero-order valence-electron chi connectivity index (χ0n) is 22.5. The van der Waals surface area contributed by atoms with Gasteiger partial charge in [-0.2, -0.15) is 0 Å². The Morgan fingerprint density at radius 2 is 1.79 bits per heavy atom. The van der Waals surface area contributed by atoms with Gasteiger partial charge in [-0.25, -0.2) is 13.4 Å². The summed E-state index contributed by atoms with van der Waals surface area (Å²) in [5.74, 6) is 0.227. The van der Waals surface area contributed by atoms with Gasteiger partial charge in [0.2, 0.25) is 14.2 Å². The van der Waals surface area contributed by atoms with Crippen molar-refractivity contribution in [2.45, 2.75) is 89.6 Å². The third-order valence-electron chi connectivity index (χ3n) is 6.80. The van der Waals surface area contributed by atoms with Gasteiger partial charge in [-0.15, -0.1) is 11.3 Å². The molecule has 1 aromatic heterocycles. The molecule has 1 heterocycles. The predicted octanol–water partition coefficient (Wildman–Crippen LogP) is 7.10. The fourth-order valence-electron chi connectivity index (χ4n) is 4.19. The minimum atomic E-state index is -3.42. The Hall–Kier alpha value is -1.06. The number of ether oxygens (including phenoxy) is 1. The van der Waals surface area contributed by atoms with Crippen molar-refractivity contribution in [1.29, 1.82) is 0 Å². The van der Waals surface area contributed by atoms with Gasteiger partial charge in [0.25, 0.3) is 0 Å². The molecule has 0 N–H and O–H groups in total. The van der Waals surface area contributed by atoms with Crippen LogP contribution in [0, 0.1) is 11.8 Å². The van der Waals surface area contributed by atoms with Gasteiger partial charge in [0, 0.05) is 13.0 Å². The number of methoxy groups -OCH3 is 1. The summed E-state index contributed by atoms with van der Waals surface area (Å²) in [4.78, 5) is 4.35. The van der Waals surface area contributed by atoms with Crippen LogP contribution >= 0.6 is 11.3 Å². The Labute approximate surface area is 212 Å². The molecule has 4 atom stereocenters. The second-order valence-corrected chi connectivity index (χ2v) is 19.2. The Morgan fingerprint density at radius 1 is 1.18 bits per heavy atom. The summed E-state index contributed by atoms with van der Waals surface area (Å²) < 4.78 is 39.5. The lowest BCUT2D eigenvalue weighted by Crippen LogP contribution is -2.47. The molecule has 34 heavy (non-hydrogen) atoms. The number of hydrogen-bond donors (Lipinski definition) is 0. The van der Waals surface area contributed by atoms with Gasteiger partial charge < -0.3 is 9.16 Å². The number of fused-ring (bicyclic) bond motifs is 1. The first-order valence-electron chi connectivity index (χ1n) is 12.0. The summed E-state index contributed by atoms with van der Waals surface area (Å²) in [6, 6.07) is 7.54. The van der Waals surface area contributed by atoms with E-state index in [1.807, 2.05) is 31.2 Å². The van der Waals surface area contributed by atoms with Gasteiger partial charge in [-0.3, -0.25) is 0 Å². The first-order valence-corrected chi connectivity index (χ1v) is 17.4. The van der Waals surface area contributed by atoms with Crippen LogP contribution in [-0.4, -0.2) is 46.8 Å². The average Bonchev–Trinajstić information content (AvgIpc) is 3.11. The quantitative estimate of drug-likeness (QED) is 0.231. The Morgan fingerprint density at radius 3 is 2.35 bits per heavy atom. The minimum absolute atomic E-state index is 0.0117. The lowest BCUT2D eigenvalue weighted by atomic mass is 9.95. The van der Waals surface area contributed by atoms with E-state index in [0.717, 1.165) is 10.2 Å². The maximum atomic E-state index is 13.0. The third kappa shape index (κ3) is 7.47. The fourth-order valence-corrected chi connectivity index (χ4v) is 8.53. The normalized spacial score (nSPS) is 17.5. The summed E-state index contributed by atoms with van der Waals surface area (Å²) in [7, 11) is -3.59. The van der Waals surface area contributed by atoms with Crippen molar-refractivity contribution < 1.29 is 17.6 Å². The first kappa shape index (κ1) is 29.2. The number of allylic oxidation sites excluding steroid dienone is 1. The number of benzene rings is 1. The van der Waals surface area contributed by atoms with E-state index in [1.165, 1.54) is 16.9 Å². The summed E-state index contributed by atoms with van der Waals surface area (Å²) in [6.45, 7) is 19.5. The molecular formula is C26H43NO4S2Si. The van der Waals surface area contributed by atoms with Crippen molar-refractivity contribution in [3.05, 3.63) is 35.9 Å². The highest BCUT2D eigenvalue weighted by Gasteiger charge is 2.40. The molecule has 0 radical (unpaired) electrons. The second-order valence-electron chi connectivity index (χ2n) is 11.2. The largest absolute Gasteiger partial charge is 0.412 e. The number of para-hydroxylation sites is 1. The molecule has 0 bridgehead atoms. The molecule has 0 fully saturated rings. The molecule has 5 nitrogen and oxygen atoms in total. The molecule has 1 aromatic carbocycles. The molecule has 0 aliphatic heterocycles. The van der Waals surface area contributed by atoms with E-state index < -0.39 is 18.2 Å². The van der Waals surface area contributed by atoms with Crippen LogP contribution in [0.15, 0.2) is 40.3 Å². The fraction of sp³-hybridized carbons (Fsp3) is 0.654. The molecule has 192 valence electrons. The van der Waals surface area contributed by atoms with Crippen LogP contribution in [0.2, 0.25) is 18.1 Å². The molecule has 0 saturated carbocycles. The van der Waals surface area contributed by atoms with Crippen LogP contribution < -0.4 is 0 Å². The van der Waals surface area contributed by atoms with E-state index in [9.17, 15) is 8.42 Å². The first-order chi connectivity index (χ1) is 15.6. The predicted molar refractivity (Wildman–Crippen MR) is 147 cm³/mol. The molecule has 0 amide bonds. The van der Waals surface area contributed by atoms with E-state index in [0.29, 0.717) is 6.42 Å². The number of rotatable bonds is 11. The van der Waals surface area contributed by atoms with Crippen LogP contribution in [-0.2, 0) is 19.0 Å². The van der Waals surface area contributed by atoms with Gasteiger partial charge in [-0.05, 0) is 56.5 Å². The molecule has 0 aliphatic rings. The van der Waals surface area contributed by atoms with Crippen LogP contribution in [0.4, 0.5) is 0 Å². The Kier molecular flexibility index (Phi) is 9.72. The topological polar surface area (TPSA) is 65.5 Å². The van der Waals surface area contributed by atoms with Gasteiger partial charge >= 0.3 is 0 Å². The zero-order chi connectivity index (χ0) is 25.9. The molecular weight excluding hydrogens is 483 g/mol. The standard InChI is InChI=1S/C26H43NO4S2Si/c1-18(16-20(3)24(30-8)21(4)31-34(9,10)26(5,6)7)15-19(2)17-33(28,29)25-27-22-13-11-12-14-23(22)32-25/h11-14,16,19-21,24H,15,17H2,1-10H3/b18-16+/t19-,20?,21?,24?/m0/s1. The van der Waals surface area contributed by atoms with Crippen LogP contribution in [0.1, 0.15) is 54.9 Å². The molecule has 2 rings (SSSR count). The van der Waals surface area contributed by atoms with Crippen molar-refractivity contribution in [2.24, 2.45) is 11.8 Å². The van der Waals surface area contributed by atoms with Gasteiger partial charge in [-0.1, -0.05) is 58.4 Å². The Bertz CT molecular complexity index is 1050. The number of aromatic nitrogens is 1. The zero-order valence-corrected chi connectivity index (χ0v) is 25.1. The summed E-state index contributed by atoms with van der Waals surface area (Å²) in [6.07, 6.45) is 2.83. The van der Waals surface area contributed by atoms with Crippen LogP contribution in [0.5, 0.6) is 0 Å². The Balaban J connectivity index is 2.04. The van der Waals surface area contributed by atoms with Crippen molar-refractivity contribution in [2.75, 3.05) is 12.9 Å². The van der Waals surface area contributed by atoms with Crippen molar-refractivity contribution in [3.63, 3.8) is 0 Å². The van der Waals surface area contributed by atoms with Crippen LogP contribution in [0.25, 0.3) is 10.2 Å². The van der Waals surface area contributed by atoms with Crippen molar-refractivity contribution in [3.8, 4) is 0 Å². The highest BCUT2D eigenvalue weighted by Crippen LogP contribution is 2.38. The second kappa shape index (κ2) is 11.3. The van der Waals surface area contributed by atoms with Gasteiger partial charge in [0.1, 0.15) is 0 Å². The van der Waals surface area contributed by atoms with Crippen molar-refractivity contribution >= 4 is 39.7 Å². The molecule has 3 unspecified atom stereocenters. The van der Waals surface area contributed by atoms with Crippen LogP contribution in [0.3, 0.4) is 0 Å².